The summed E-state index contributed by atoms with van der Waals surface area (Å²) in [4.78, 5) is 0. The number of benzene rings is 1. The fourth-order valence-corrected chi connectivity index (χ4v) is 2.72. The molecule has 1 aromatic rings. The molecule has 0 amide bonds. The number of hydrogen-bond acceptors (Lipinski definition) is 2. The molecule has 1 rings (SSSR count). The molecule has 0 aromatic heterocycles. The van der Waals surface area contributed by atoms with Gasteiger partial charge in [0.05, 0.1) is 11.4 Å². The molecule has 3 nitrogen and oxygen atoms in total. The van der Waals surface area contributed by atoms with Crippen molar-refractivity contribution < 1.29 is 8.42 Å². The summed E-state index contributed by atoms with van der Waals surface area (Å²) in [5.74, 6) is 0.191. The Hall–Kier alpha value is -1.03. The molecule has 90 valence electrons. The summed E-state index contributed by atoms with van der Waals surface area (Å²) in [7, 11) is -3.19. The molecule has 0 heterocycles. The van der Waals surface area contributed by atoms with Crippen LogP contribution in [0.5, 0.6) is 0 Å². The average molecular weight is 241 g/mol. The largest absolute Gasteiger partial charge is 0.283 e. The lowest BCUT2D eigenvalue weighted by Gasteiger charge is -2.10. The average Bonchev–Trinajstić information content (AvgIpc) is 2.20. The first-order valence-electron chi connectivity index (χ1n) is 5.52. The highest BCUT2D eigenvalue weighted by Gasteiger charge is 2.10. The van der Waals surface area contributed by atoms with Crippen LogP contribution in [0.15, 0.2) is 18.2 Å². The maximum atomic E-state index is 11.7. The van der Waals surface area contributed by atoms with Gasteiger partial charge in [0.1, 0.15) is 0 Å². The summed E-state index contributed by atoms with van der Waals surface area (Å²) in [5, 5.41) is 0. The van der Waals surface area contributed by atoms with Crippen LogP contribution in [0.4, 0.5) is 5.69 Å². The Morgan fingerprint density at radius 2 is 1.94 bits per heavy atom. The zero-order valence-electron chi connectivity index (χ0n) is 10.1. The number of rotatable bonds is 5. The predicted octanol–water partition coefficient (Wildman–Crippen LogP) is 2.85. The van der Waals surface area contributed by atoms with E-state index < -0.39 is 10.0 Å². The molecule has 0 unspecified atom stereocenters. The predicted molar refractivity (Wildman–Crippen MR) is 68.2 cm³/mol. The Morgan fingerprint density at radius 3 is 2.56 bits per heavy atom. The number of sulfonamides is 1. The Kier molecular flexibility index (Phi) is 4.35. The Bertz CT molecular complexity index is 452. The van der Waals surface area contributed by atoms with Crippen LogP contribution in [0, 0.1) is 13.8 Å². The normalized spacial score (nSPS) is 11.4. The lowest BCUT2D eigenvalue weighted by molar-refractivity contribution is 0.598. The van der Waals surface area contributed by atoms with Crippen LogP contribution in [0.2, 0.25) is 0 Å². The summed E-state index contributed by atoms with van der Waals surface area (Å²) >= 11 is 0. The summed E-state index contributed by atoms with van der Waals surface area (Å²) in [6.45, 7) is 5.83. The molecular formula is C12H19NO2S. The zero-order valence-corrected chi connectivity index (χ0v) is 10.9. The van der Waals surface area contributed by atoms with Crippen molar-refractivity contribution >= 4 is 15.7 Å². The minimum atomic E-state index is -3.19. The molecule has 0 aliphatic heterocycles. The van der Waals surface area contributed by atoms with Gasteiger partial charge < -0.3 is 0 Å². The van der Waals surface area contributed by atoms with E-state index in [0.717, 1.165) is 17.5 Å². The summed E-state index contributed by atoms with van der Waals surface area (Å²) < 4.78 is 26.1. The van der Waals surface area contributed by atoms with Gasteiger partial charge in [-0.15, -0.1) is 0 Å². The van der Waals surface area contributed by atoms with Crippen molar-refractivity contribution in [3.8, 4) is 0 Å². The topological polar surface area (TPSA) is 46.2 Å². The van der Waals surface area contributed by atoms with Crippen LogP contribution in [-0.2, 0) is 10.0 Å². The van der Waals surface area contributed by atoms with Crippen LogP contribution >= 0.6 is 0 Å². The molecule has 0 spiro atoms. The van der Waals surface area contributed by atoms with Crippen molar-refractivity contribution in [2.75, 3.05) is 10.5 Å². The minimum absolute atomic E-state index is 0.191. The highest BCUT2D eigenvalue weighted by molar-refractivity contribution is 7.92. The molecule has 0 fully saturated rings. The maximum Gasteiger partial charge on any atom is 0.232 e. The molecule has 0 saturated carbocycles. The van der Waals surface area contributed by atoms with Gasteiger partial charge in [-0.1, -0.05) is 25.5 Å². The van der Waals surface area contributed by atoms with E-state index in [0.29, 0.717) is 12.1 Å². The summed E-state index contributed by atoms with van der Waals surface area (Å²) in [6.07, 6.45) is 1.58. The van der Waals surface area contributed by atoms with Gasteiger partial charge in [0.15, 0.2) is 0 Å². The van der Waals surface area contributed by atoms with Gasteiger partial charge in [-0.2, -0.15) is 0 Å². The van der Waals surface area contributed by atoms with Crippen LogP contribution in [0.25, 0.3) is 0 Å². The Morgan fingerprint density at radius 1 is 1.25 bits per heavy atom. The van der Waals surface area contributed by atoms with Gasteiger partial charge in [0.2, 0.25) is 10.0 Å². The van der Waals surface area contributed by atoms with Crippen LogP contribution in [-0.4, -0.2) is 14.2 Å². The SMILES string of the molecule is CCCCS(=O)(=O)Nc1cc(C)ccc1C. The van der Waals surface area contributed by atoms with E-state index in [1.165, 1.54) is 0 Å². The van der Waals surface area contributed by atoms with Crippen LogP contribution < -0.4 is 4.72 Å². The molecule has 16 heavy (non-hydrogen) atoms. The van der Waals surface area contributed by atoms with E-state index >= 15 is 0 Å². The van der Waals surface area contributed by atoms with Crippen molar-refractivity contribution in [1.82, 2.24) is 0 Å². The van der Waals surface area contributed by atoms with E-state index in [-0.39, 0.29) is 5.75 Å². The highest BCUT2D eigenvalue weighted by atomic mass is 32.2. The summed E-state index contributed by atoms with van der Waals surface area (Å²) in [5.41, 5.74) is 2.69. The van der Waals surface area contributed by atoms with Gasteiger partial charge >= 0.3 is 0 Å². The molecule has 4 heteroatoms. The van der Waals surface area contributed by atoms with Gasteiger partial charge in [-0.05, 0) is 37.5 Å². The van der Waals surface area contributed by atoms with Crippen LogP contribution in [0.3, 0.4) is 0 Å². The molecule has 0 aliphatic rings. The number of anilines is 1. The van der Waals surface area contributed by atoms with Crippen LogP contribution in [0.1, 0.15) is 30.9 Å². The fraction of sp³-hybridized carbons (Fsp3) is 0.500. The number of nitrogens with one attached hydrogen (secondary N) is 1. The number of hydrogen-bond donors (Lipinski definition) is 1. The molecule has 0 aliphatic carbocycles. The second-order valence-corrected chi connectivity index (χ2v) is 5.93. The molecule has 0 saturated heterocycles. The van der Waals surface area contributed by atoms with Gasteiger partial charge in [-0.25, -0.2) is 8.42 Å². The third kappa shape index (κ3) is 3.85. The lowest BCUT2D eigenvalue weighted by Crippen LogP contribution is -2.17. The highest BCUT2D eigenvalue weighted by Crippen LogP contribution is 2.18. The quantitative estimate of drug-likeness (QED) is 0.861. The van der Waals surface area contributed by atoms with E-state index in [4.69, 9.17) is 0 Å². The van der Waals surface area contributed by atoms with Gasteiger partial charge in [0.25, 0.3) is 0 Å². The Balaban J connectivity index is 2.83. The van der Waals surface area contributed by atoms with E-state index in [1.807, 2.05) is 39.0 Å². The monoisotopic (exact) mass is 241 g/mol. The van der Waals surface area contributed by atoms with E-state index in [1.54, 1.807) is 0 Å². The first-order valence-corrected chi connectivity index (χ1v) is 7.17. The standard InChI is InChI=1S/C12H19NO2S/c1-4-5-8-16(14,15)13-12-9-10(2)6-7-11(12)3/h6-7,9,13H,4-5,8H2,1-3H3. The lowest BCUT2D eigenvalue weighted by atomic mass is 10.1. The van der Waals surface area contributed by atoms with Crippen molar-refractivity contribution in [1.29, 1.82) is 0 Å². The number of unbranched alkanes of at least 4 members (excludes halogenated alkanes) is 1. The molecular weight excluding hydrogens is 222 g/mol. The van der Waals surface area contributed by atoms with Gasteiger partial charge in [-0.3, -0.25) is 4.72 Å². The van der Waals surface area contributed by atoms with Crippen molar-refractivity contribution in [2.45, 2.75) is 33.6 Å². The third-order valence-corrected chi connectivity index (χ3v) is 3.78. The van der Waals surface area contributed by atoms with Gasteiger partial charge in [0, 0.05) is 0 Å². The minimum Gasteiger partial charge on any atom is -0.283 e. The van der Waals surface area contributed by atoms with E-state index in [9.17, 15) is 8.42 Å². The smallest absolute Gasteiger partial charge is 0.232 e. The Labute approximate surface area is 97.9 Å². The first kappa shape index (κ1) is 13.0. The number of aryl methyl sites for hydroxylation is 2. The van der Waals surface area contributed by atoms with Crippen molar-refractivity contribution in [3.05, 3.63) is 29.3 Å². The molecule has 0 atom stereocenters. The maximum absolute atomic E-state index is 11.7. The summed E-state index contributed by atoms with van der Waals surface area (Å²) in [6, 6.07) is 5.75. The van der Waals surface area contributed by atoms with Crippen molar-refractivity contribution in [3.63, 3.8) is 0 Å². The second kappa shape index (κ2) is 5.34. The molecule has 0 bridgehead atoms. The molecule has 0 radical (unpaired) electrons. The zero-order chi connectivity index (χ0) is 12.2. The van der Waals surface area contributed by atoms with E-state index in [2.05, 4.69) is 4.72 Å². The van der Waals surface area contributed by atoms with Crippen molar-refractivity contribution in [2.24, 2.45) is 0 Å². The second-order valence-electron chi connectivity index (χ2n) is 4.09. The fourth-order valence-electron chi connectivity index (χ4n) is 1.40. The molecule has 1 N–H and O–H groups in total. The molecule has 1 aromatic carbocycles. The first-order chi connectivity index (χ1) is 7.44. The third-order valence-electron chi connectivity index (χ3n) is 2.43.